The highest BCUT2D eigenvalue weighted by molar-refractivity contribution is 5.77. The normalized spacial score (nSPS) is 18.5. The van der Waals surface area contributed by atoms with Crippen LogP contribution in [0, 0.1) is 11.8 Å². The first-order valence-corrected chi connectivity index (χ1v) is 16.0. The Labute approximate surface area is 269 Å². The molecule has 6 rings (SSSR count). The van der Waals surface area contributed by atoms with Crippen LogP contribution in [0.3, 0.4) is 0 Å². The third-order valence-electron chi connectivity index (χ3n) is 8.02. The second-order valence-electron chi connectivity index (χ2n) is 14.0. The first kappa shape index (κ1) is 31.2. The van der Waals surface area contributed by atoms with Gasteiger partial charge in [-0.05, 0) is 97.6 Å². The maximum atomic E-state index is 12.8. The van der Waals surface area contributed by atoms with Crippen molar-refractivity contribution in [2.75, 3.05) is 13.1 Å². The van der Waals surface area contributed by atoms with Crippen molar-refractivity contribution in [3.63, 3.8) is 0 Å². The largest absolute Gasteiger partial charge is 0.444 e. The number of likely N-dealkylation sites (tertiary alicyclic amines) is 2. The number of nitrogens with zero attached hydrogens (tertiary/aromatic N) is 4. The van der Waals surface area contributed by atoms with Crippen molar-refractivity contribution in [1.82, 2.24) is 29.7 Å². The van der Waals surface area contributed by atoms with Crippen LogP contribution in [-0.4, -0.2) is 66.2 Å². The SMILES string of the molecule is CC(C)(C)OC(=O)N1CCC[C@H]1c1nc(-c2ccc(C#Cc3ccc4[nH]c([C@@H]5CCCN5C(=O)OC(C)(C)C)nc4c3)cc2)c[nH]1. The predicted molar refractivity (Wildman–Crippen MR) is 176 cm³/mol. The zero-order chi connectivity index (χ0) is 32.6. The number of nitrogens with one attached hydrogen (secondary N) is 2. The molecule has 0 saturated carbocycles. The molecule has 2 aliphatic heterocycles. The monoisotopic (exact) mass is 622 g/mol. The Balaban J connectivity index is 1.12. The molecule has 2 aliphatic rings. The van der Waals surface area contributed by atoms with Crippen LogP contribution >= 0.6 is 0 Å². The second kappa shape index (κ2) is 12.2. The quantitative estimate of drug-likeness (QED) is 0.229. The summed E-state index contributed by atoms with van der Waals surface area (Å²) >= 11 is 0. The van der Waals surface area contributed by atoms with Crippen molar-refractivity contribution in [2.24, 2.45) is 0 Å². The molecule has 240 valence electrons. The fraction of sp³-hybridized carbons (Fsp3) is 0.444. The summed E-state index contributed by atoms with van der Waals surface area (Å²) < 4.78 is 11.2. The lowest BCUT2D eigenvalue weighted by Gasteiger charge is -2.27. The lowest BCUT2D eigenvalue weighted by atomic mass is 10.1. The number of aromatic amines is 2. The van der Waals surface area contributed by atoms with E-state index in [1.807, 2.05) is 90.2 Å². The van der Waals surface area contributed by atoms with Crippen molar-refractivity contribution >= 4 is 23.2 Å². The van der Waals surface area contributed by atoms with E-state index in [9.17, 15) is 9.59 Å². The van der Waals surface area contributed by atoms with Gasteiger partial charge in [0, 0.05) is 36.0 Å². The highest BCUT2D eigenvalue weighted by Gasteiger charge is 2.36. The molecule has 10 heteroatoms. The van der Waals surface area contributed by atoms with E-state index in [4.69, 9.17) is 19.4 Å². The smallest absolute Gasteiger partial charge is 0.410 e. The summed E-state index contributed by atoms with van der Waals surface area (Å²) in [6.45, 7) is 12.6. The lowest BCUT2D eigenvalue weighted by Crippen LogP contribution is -2.36. The van der Waals surface area contributed by atoms with E-state index in [-0.39, 0.29) is 24.3 Å². The van der Waals surface area contributed by atoms with Crippen LogP contribution in [0.25, 0.3) is 22.3 Å². The van der Waals surface area contributed by atoms with Gasteiger partial charge in [0.1, 0.15) is 22.9 Å². The summed E-state index contributed by atoms with van der Waals surface area (Å²) in [4.78, 5) is 45.4. The molecule has 2 fully saturated rings. The van der Waals surface area contributed by atoms with E-state index in [0.717, 1.165) is 70.7 Å². The van der Waals surface area contributed by atoms with Gasteiger partial charge in [0.15, 0.2) is 0 Å². The van der Waals surface area contributed by atoms with E-state index in [1.165, 1.54) is 0 Å². The molecule has 46 heavy (non-hydrogen) atoms. The minimum absolute atomic E-state index is 0.126. The molecule has 2 amide bonds. The van der Waals surface area contributed by atoms with E-state index >= 15 is 0 Å². The molecule has 0 aliphatic carbocycles. The summed E-state index contributed by atoms with van der Waals surface area (Å²) in [5, 5.41) is 0. The number of rotatable bonds is 3. The fourth-order valence-electron chi connectivity index (χ4n) is 5.97. The summed E-state index contributed by atoms with van der Waals surface area (Å²) in [6.07, 6.45) is 4.78. The number of benzene rings is 2. The van der Waals surface area contributed by atoms with E-state index in [0.29, 0.717) is 13.1 Å². The van der Waals surface area contributed by atoms with Gasteiger partial charge < -0.3 is 19.4 Å². The second-order valence-corrected chi connectivity index (χ2v) is 14.0. The van der Waals surface area contributed by atoms with Crippen LogP contribution in [0.2, 0.25) is 0 Å². The minimum atomic E-state index is -0.545. The zero-order valence-electron chi connectivity index (χ0n) is 27.4. The van der Waals surface area contributed by atoms with Gasteiger partial charge in [0.2, 0.25) is 0 Å². The molecule has 10 nitrogen and oxygen atoms in total. The molecule has 0 radical (unpaired) electrons. The molecule has 2 atom stereocenters. The number of ether oxygens (including phenoxy) is 2. The molecule has 2 N–H and O–H groups in total. The Morgan fingerprint density at radius 2 is 1.35 bits per heavy atom. The van der Waals surface area contributed by atoms with Gasteiger partial charge in [-0.15, -0.1) is 0 Å². The summed E-state index contributed by atoms with van der Waals surface area (Å²) in [6, 6.07) is 13.6. The summed E-state index contributed by atoms with van der Waals surface area (Å²) in [5.41, 5.74) is 4.16. The van der Waals surface area contributed by atoms with Gasteiger partial charge in [-0.25, -0.2) is 19.6 Å². The first-order chi connectivity index (χ1) is 21.8. The van der Waals surface area contributed by atoms with Crippen molar-refractivity contribution in [3.05, 3.63) is 71.4 Å². The molecular formula is C36H42N6O4. The van der Waals surface area contributed by atoms with E-state index in [2.05, 4.69) is 21.8 Å². The van der Waals surface area contributed by atoms with Gasteiger partial charge in [0.25, 0.3) is 0 Å². The van der Waals surface area contributed by atoms with Crippen LogP contribution in [0.4, 0.5) is 9.59 Å². The van der Waals surface area contributed by atoms with Crippen molar-refractivity contribution in [1.29, 1.82) is 0 Å². The molecule has 2 saturated heterocycles. The molecule has 4 aromatic rings. The van der Waals surface area contributed by atoms with Crippen molar-refractivity contribution in [3.8, 4) is 23.1 Å². The van der Waals surface area contributed by atoms with Gasteiger partial charge in [-0.2, -0.15) is 0 Å². The number of aromatic nitrogens is 4. The number of hydrogen-bond donors (Lipinski definition) is 2. The fourth-order valence-corrected chi connectivity index (χ4v) is 5.97. The Morgan fingerprint density at radius 3 is 1.96 bits per heavy atom. The van der Waals surface area contributed by atoms with Crippen LogP contribution in [0.15, 0.2) is 48.7 Å². The Bertz CT molecular complexity index is 1800. The van der Waals surface area contributed by atoms with Gasteiger partial charge in [-0.3, -0.25) is 9.80 Å². The van der Waals surface area contributed by atoms with E-state index < -0.39 is 11.2 Å². The molecule has 0 unspecified atom stereocenters. The number of amides is 2. The van der Waals surface area contributed by atoms with Crippen LogP contribution < -0.4 is 0 Å². The van der Waals surface area contributed by atoms with Crippen molar-refractivity contribution in [2.45, 2.75) is 90.5 Å². The molecular weight excluding hydrogens is 580 g/mol. The minimum Gasteiger partial charge on any atom is -0.444 e. The number of hydrogen-bond acceptors (Lipinski definition) is 6. The maximum Gasteiger partial charge on any atom is 0.410 e. The topological polar surface area (TPSA) is 116 Å². The van der Waals surface area contributed by atoms with Crippen LogP contribution in [0.5, 0.6) is 0 Å². The third kappa shape index (κ3) is 7.04. The summed E-state index contributed by atoms with van der Waals surface area (Å²) in [5.74, 6) is 8.05. The van der Waals surface area contributed by atoms with Gasteiger partial charge in [0.05, 0.1) is 28.8 Å². The Hall–Kier alpha value is -4.78. The summed E-state index contributed by atoms with van der Waals surface area (Å²) in [7, 11) is 0. The van der Waals surface area contributed by atoms with E-state index in [1.54, 1.807) is 9.80 Å². The van der Waals surface area contributed by atoms with Crippen molar-refractivity contribution < 1.29 is 19.1 Å². The number of H-pyrrole nitrogens is 2. The molecule has 0 spiro atoms. The number of imidazole rings is 2. The average Bonchev–Trinajstić information content (AvgIpc) is 3.79. The predicted octanol–water partition coefficient (Wildman–Crippen LogP) is 7.50. The lowest BCUT2D eigenvalue weighted by molar-refractivity contribution is 0.0208. The first-order valence-electron chi connectivity index (χ1n) is 16.0. The number of carbonyl (C=O) groups is 2. The molecule has 2 aromatic carbocycles. The highest BCUT2D eigenvalue weighted by atomic mass is 16.6. The average molecular weight is 623 g/mol. The van der Waals surface area contributed by atoms with Gasteiger partial charge >= 0.3 is 12.2 Å². The molecule has 2 aromatic heterocycles. The molecule has 0 bridgehead atoms. The Morgan fingerprint density at radius 1 is 0.783 bits per heavy atom. The number of carbonyl (C=O) groups excluding carboxylic acids is 2. The molecule has 4 heterocycles. The maximum absolute atomic E-state index is 12.8. The third-order valence-corrected chi connectivity index (χ3v) is 8.02. The standard InChI is InChI=1S/C36H42N6O4/c1-35(2,3)45-33(43)41-19-7-9-29(41)31-37-22-28(40-31)25-16-13-23(14-17-25)11-12-24-15-18-26-27(21-24)39-32(38-26)30-10-8-20-42(30)34(44)46-36(4,5)6/h13-18,21-22,29-30H,7-10,19-20H2,1-6H3,(H,37,40)(H,38,39)/t29-,30-/m0/s1. The van der Waals surface area contributed by atoms with Crippen LogP contribution in [-0.2, 0) is 9.47 Å². The Kier molecular flexibility index (Phi) is 8.28. The van der Waals surface area contributed by atoms with Gasteiger partial charge in [-0.1, -0.05) is 24.0 Å². The van der Waals surface area contributed by atoms with Crippen LogP contribution in [0.1, 0.15) is 102 Å². The highest BCUT2D eigenvalue weighted by Crippen LogP contribution is 2.34. The zero-order valence-corrected chi connectivity index (χ0v) is 27.4. The number of fused-ring (bicyclic) bond motifs is 1.